The zero-order valence-electron chi connectivity index (χ0n) is 21.2. The molecule has 0 bridgehead atoms. The molecule has 0 saturated carbocycles. The Bertz CT molecular complexity index is 1300. The van der Waals surface area contributed by atoms with Gasteiger partial charge in [-0.05, 0) is 59.5 Å². The van der Waals surface area contributed by atoms with E-state index in [1.165, 1.54) is 23.1 Å². The lowest BCUT2D eigenvalue weighted by Gasteiger charge is -2.28. The molecule has 10 nitrogen and oxygen atoms in total. The van der Waals surface area contributed by atoms with Crippen molar-refractivity contribution in [1.29, 1.82) is 0 Å². The van der Waals surface area contributed by atoms with Gasteiger partial charge in [-0.3, -0.25) is 19.7 Å². The van der Waals surface area contributed by atoms with Crippen molar-refractivity contribution in [2.45, 2.75) is 26.9 Å². The molecule has 0 atom stereocenters. The number of hydrogen-bond acceptors (Lipinski definition) is 7. The first-order valence-electron chi connectivity index (χ1n) is 12.2. The fraction of sp³-hybridized carbons (Fsp3) is 0.286. The lowest BCUT2D eigenvalue weighted by molar-refractivity contribution is -0.384. The molecule has 1 aliphatic heterocycles. The summed E-state index contributed by atoms with van der Waals surface area (Å²) in [4.78, 5) is 40.2. The van der Waals surface area contributed by atoms with Crippen LogP contribution in [0.3, 0.4) is 0 Å². The highest BCUT2D eigenvalue weighted by molar-refractivity contribution is 5.94. The Labute approximate surface area is 220 Å². The van der Waals surface area contributed by atoms with Gasteiger partial charge >= 0.3 is 0 Å². The maximum Gasteiger partial charge on any atom is 0.269 e. The molecular formula is C28H29N3O7. The van der Waals surface area contributed by atoms with Gasteiger partial charge in [0.1, 0.15) is 12.3 Å². The van der Waals surface area contributed by atoms with Crippen molar-refractivity contribution in [3.05, 3.63) is 93.9 Å². The third-order valence-corrected chi connectivity index (χ3v) is 5.84. The van der Waals surface area contributed by atoms with E-state index in [0.717, 1.165) is 5.56 Å². The van der Waals surface area contributed by atoms with Gasteiger partial charge in [-0.25, -0.2) is 0 Å². The van der Waals surface area contributed by atoms with E-state index >= 15 is 0 Å². The molecule has 2 aromatic carbocycles. The molecule has 0 spiro atoms. The smallest absolute Gasteiger partial charge is 0.269 e. The van der Waals surface area contributed by atoms with Gasteiger partial charge < -0.3 is 23.7 Å². The highest BCUT2D eigenvalue weighted by Crippen LogP contribution is 2.33. The lowest BCUT2D eigenvalue weighted by Crippen LogP contribution is -2.43. The maximum absolute atomic E-state index is 13.5. The molecule has 2 amide bonds. The van der Waals surface area contributed by atoms with Crippen molar-refractivity contribution >= 4 is 23.6 Å². The van der Waals surface area contributed by atoms with Crippen LogP contribution >= 0.6 is 0 Å². The van der Waals surface area contributed by atoms with Gasteiger partial charge in [0.25, 0.3) is 5.69 Å². The molecule has 0 saturated heterocycles. The standard InChI is InChI=1S/C28H29N3O7/c1-20(2)15-29(27(32)12-8-21-5-9-23(10-6-21)31(34)35)18-28(33)30(17-24-4-3-13-36-24)16-22-7-11-25-26(14-22)38-19-37-25/h3-14,20H,15-19H2,1-2H3. The van der Waals surface area contributed by atoms with Crippen LogP contribution in [0.2, 0.25) is 0 Å². The van der Waals surface area contributed by atoms with Gasteiger partial charge in [-0.1, -0.05) is 19.9 Å². The quantitative estimate of drug-likeness (QED) is 0.206. The number of fused-ring (bicyclic) bond motifs is 1. The summed E-state index contributed by atoms with van der Waals surface area (Å²) in [5.74, 6) is 1.47. The summed E-state index contributed by atoms with van der Waals surface area (Å²) in [7, 11) is 0. The van der Waals surface area contributed by atoms with E-state index in [2.05, 4.69) is 0 Å². The zero-order chi connectivity index (χ0) is 27.1. The number of ether oxygens (including phenoxy) is 2. The van der Waals surface area contributed by atoms with Crippen LogP contribution in [0.5, 0.6) is 11.5 Å². The Morgan fingerprint density at radius 1 is 1.03 bits per heavy atom. The third-order valence-electron chi connectivity index (χ3n) is 5.84. The number of non-ortho nitro benzene ring substituents is 1. The van der Waals surface area contributed by atoms with Crippen LogP contribution in [0.4, 0.5) is 5.69 Å². The summed E-state index contributed by atoms with van der Waals surface area (Å²) in [6, 6.07) is 15.0. The molecule has 0 unspecified atom stereocenters. The van der Waals surface area contributed by atoms with Crippen LogP contribution in [0.1, 0.15) is 30.7 Å². The number of amides is 2. The minimum atomic E-state index is -0.479. The number of benzene rings is 2. The monoisotopic (exact) mass is 519 g/mol. The van der Waals surface area contributed by atoms with Crippen molar-refractivity contribution in [3.63, 3.8) is 0 Å². The Morgan fingerprint density at radius 2 is 1.79 bits per heavy atom. The van der Waals surface area contributed by atoms with Gasteiger partial charge in [0.15, 0.2) is 11.5 Å². The molecule has 0 aliphatic carbocycles. The molecule has 2 heterocycles. The molecule has 3 aromatic rings. The predicted octanol–water partition coefficient (Wildman–Crippen LogP) is 4.64. The Morgan fingerprint density at radius 3 is 2.47 bits per heavy atom. The van der Waals surface area contributed by atoms with Crippen LogP contribution in [0.25, 0.3) is 6.08 Å². The summed E-state index contributed by atoms with van der Waals surface area (Å²) >= 11 is 0. The van der Waals surface area contributed by atoms with Crippen LogP contribution in [0, 0.1) is 16.0 Å². The summed E-state index contributed by atoms with van der Waals surface area (Å²) in [5, 5.41) is 10.9. The molecule has 4 rings (SSSR count). The highest BCUT2D eigenvalue weighted by atomic mass is 16.7. The first-order chi connectivity index (χ1) is 18.3. The molecular weight excluding hydrogens is 490 g/mol. The largest absolute Gasteiger partial charge is 0.467 e. The van der Waals surface area contributed by atoms with Gasteiger partial charge in [0, 0.05) is 31.3 Å². The van der Waals surface area contributed by atoms with Crippen molar-refractivity contribution in [1.82, 2.24) is 9.80 Å². The van der Waals surface area contributed by atoms with E-state index in [1.807, 2.05) is 32.0 Å². The van der Waals surface area contributed by atoms with Gasteiger partial charge in [0.05, 0.1) is 17.7 Å². The molecule has 0 radical (unpaired) electrons. The second-order valence-electron chi connectivity index (χ2n) is 9.31. The lowest BCUT2D eigenvalue weighted by atomic mass is 10.1. The van der Waals surface area contributed by atoms with Crippen molar-refractivity contribution in [3.8, 4) is 11.5 Å². The summed E-state index contributed by atoms with van der Waals surface area (Å²) in [5.41, 5.74) is 1.47. The summed E-state index contributed by atoms with van der Waals surface area (Å²) < 4.78 is 16.3. The SMILES string of the molecule is CC(C)CN(CC(=O)N(Cc1ccc2c(c1)OCO2)Cc1ccco1)C(=O)C=Cc1ccc([N+](=O)[O-])cc1. The molecule has 1 aliphatic rings. The number of hydrogen-bond donors (Lipinski definition) is 0. The second kappa shape index (κ2) is 12.1. The second-order valence-corrected chi connectivity index (χ2v) is 9.31. The maximum atomic E-state index is 13.5. The van der Waals surface area contributed by atoms with E-state index in [4.69, 9.17) is 13.9 Å². The summed E-state index contributed by atoms with van der Waals surface area (Å²) in [6.07, 6.45) is 4.51. The number of carbonyl (C=O) groups excluding carboxylic acids is 2. The first kappa shape index (κ1) is 26.5. The van der Waals surface area contributed by atoms with Crippen molar-refractivity contribution in [2.24, 2.45) is 5.92 Å². The number of nitrogens with zero attached hydrogens (tertiary/aromatic N) is 3. The average molecular weight is 520 g/mol. The van der Waals surface area contributed by atoms with Gasteiger partial charge in [-0.15, -0.1) is 0 Å². The molecule has 198 valence electrons. The van der Waals surface area contributed by atoms with E-state index < -0.39 is 4.92 Å². The van der Waals surface area contributed by atoms with Gasteiger partial charge in [-0.2, -0.15) is 0 Å². The topological polar surface area (TPSA) is 115 Å². The number of nitro groups is 1. The van der Waals surface area contributed by atoms with E-state index in [9.17, 15) is 19.7 Å². The fourth-order valence-corrected chi connectivity index (χ4v) is 4.00. The van der Waals surface area contributed by atoms with Crippen LogP contribution in [0.15, 0.2) is 71.4 Å². The minimum Gasteiger partial charge on any atom is -0.467 e. The highest BCUT2D eigenvalue weighted by Gasteiger charge is 2.23. The van der Waals surface area contributed by atoms with Gasteiger partial charge in [0.2, 0.25) is 18.6 Å². The number of furan rings is 1. The normalized spacial score (nSPS) is 12.2. The number of nitro benzene ring substituents is 1. The third kappa shape index (κ3) is 7.00. The molecule has 1 aromatic heterocycles. The Hall–Kier alpha value is -4.60. The van der Waals surface area contributed by atoms with Crippen LogP contribution in [-0.2, 0) is 22.7 Å². The average Bonchev–Trinajstić information content (AvgIpc) is 3.58. The predicted molar refractivity (Wildman–Crippen MR) is 139 cm³/mol. The number of carbonyl (C=O) groups is 2. The number of rotatable bonds is 11. The zero-order valence-corrected chi connectivity index (χ0v) is 21.2. The molecule has 10 heteroatoms. The van der Waals surface area contributed by atoms with Crippen molar-refractivity contribution < 1.29 is 28.4 Å². The Balaban J connectivity index is 1.49. The molecule has 38 heavy (non-hydrogen) atoms. The fourth-order valence-electron chi connectivity index (χ4n) is 4.00. The van der Waals surface area contributed by atoms with E-state index in [0.29, 0.717) is 35.9 Å². The van der Waals surface area contributed by atoms with Crippen LogP contribution in [-0.4, -0.2) is 46.4 Å². The minimum absolute atomic E-state index is 0.0281. The van der Waals surface area contributed by atoms with Crippen LogP contribution < -0.4 is 9.47 Å². The van der Waals surface area contributed by atoms with E-state index in [-0.39, 0.29) is 43.3 Å². The summed E-state index contributed by atoms with van der Waals surface area (Å²) in [6.45, 7) is 4.89. The van der Waals surface area contributed by atoms with E-state index in [1.54, 1.807) is 41.5 Å². The first-order valence-corrected chi connectivity index (χ1v) is 12.2. The van der Waals surface area contributed by atoms with Crippen molar-refractivity contribution in [2.75, 3.05) is 19.9 Å². The molecule has 0 fully saturated rings. The molecule has 0 N–H and O–H groups in total. The Kier molecular flexibility index (Phi) is 8.42.